The van der Waals surface area contributed by atoms with E-state index in [2.05, 4.69) is 12.1 Å². The number of aromatic hydroxyl groups is 1. The Labute approximate surface area is 128 Å². The Morgan fingerprint density at radius 1 is 1.05 bits per heavy atom. The Hall–Kier alpha value is -2.00. The molecule has 0 atom stereocenters. The summed E-state index contributed by atoms with van der Waals surface area (Å²) in [5, 5.41) is 9.65. The van der Waals surface area contributed by atoms with Crippen molar-refractivity contribution in [3.05, 3.63) is 64.2 Å². The Bertz CT molecular complexity index is 657. The first kappa shape index (κ1) is 14.0. The molecule has 0 saturated heterocycles. The van der Waals surface area contributed by atoms with Crippen molar-refractivity contribution in [2.45, 2.75) is 12.8 Å². The van der Waals surface area contributed by atoms with E-state index < -0.39 is 0 Å². The van der Waals surface area contributed by atoms with E-state index in [4.69, 9.17) is 11.6 Å². The van der Waals surface area contributed by atoms with Crippen LogP contribution >= 0.6 is 11.6 Å². The minimum atomic E-state index is -0.0373. The number of phenols is 1. The summed E-state index contributed by atoms with van der Waals surface area (Å²) in [6.07, 6.45) is 1.74. The van der Waals surface area contributed by atoms with Crippen LogP contribution in [0.15, 0.2) is 42.5 Å². The molecular weight excluding hydrogens is 286 g/mol. The monoisotopic (exact) mass is 301 g/mol. The number of benzene rings is 2. The van der Waals surface area contributed by atoms with Gasteiger partial charge in [-0.25, -0.2) is 0 Å². The Balaban J connectivity index is 1.79. The van der Waals surface area contributed by atoms with Crippen LogP contribution in [0.2, 0.25) is 5.02 Å². The van der Waals surface area contributed by atoms with E-state index in [-0.39, 0.29) is 16.7 Å². The van der Waals surface area contributed by atoms with Gasteiger partial charge in [0.2, 0.25) is 0 Å². The number of phenolic OH excluding ortho intramolecular Hbond substituents is 1. The summed E-state index contributed by atoms with van der Waals surface area (Å²) < 4.78 is 0. The van der Waals surface area contributed by atoms with Gasteiger partial charge in [-0.1, -0.05) is 35.9 Å². The molecule has 1 N–H and O–H groups in total. The van der Waals surface area contributed by atoms with Crippen molar-refractivity contribution in [1.82, 2.24) is 4.90 Å². The highest BCUT2D eigenvalue weighted by Crippen LogP contribution is 2.25. The first-order valence-corrected chi connectivity index (χ1v) is 7.37. The highest BCUT2D eigenvalue weighted by atomic mass is 35.5. The van der Waals surface area contributed by atoms with Crippen LogP contribution in [0.5, 0.6) is 5.75 Å². The number of hydrogen-bond acceptors (Lipinski definition) is 2. The number of nitrogens with zero attached hydrogens (tertiary/aromatic N) is 1. The van der Waals surface area contributed by atoms with Crippen LogP contribution in [0.25, 0.3) is 0 Å². The summed E-state index contributed by atoms with van der Waals surface area (Å²) in [6.45, 7) is 1.41. The van der Waals surface area contributed by atoms with Crippen LogP contribution in [0.3, 0.4) is 0 Å². The fraction of sp³-hybridized carbons (Fsp3) is 0.235. The molecule has 3 rings (SSSR count). The van der Waals surface area contributed by atoms with Gasteiger partial charge in [-0.05, 0) is 42.2 Å². The minimum absolute atomic E-state index is 0.00325. The molecule has 4 heteroatoms. The lowest BCUT2D eigenvalue weighted by atomic mass is 10.0. The quantitative estimate of drug-likeness (QED) is 0.878. The summed E-state index contributed by atoms with van der Waals surface area (Å²) in [4.78, 5) is 14.4. The Morgan fingerprint density at radius 2 is 1.67 bits per heavy atom. The molecule has 2 aromatic rings. The van der Waals surface area contributed by atoms with Gasteiger partial charge in [0.05, 0.1) is 5.02 Å². The fourth-order valence-electron chi connectivity index (χ4n) is 2.69. The first-order chi connectivity index (χ1) is 10.1. The van der Waals surface area contributed by atoms with Gasteiger partial charge < -0.3 is 10.0 Å². The topological polar surface area (TPSA) is 40.5 Å². The van der Waals surface area contributed by atoms with E-state index >= 15 is 0 Å². The largest absolute Gasteiger partial charge is 0.506 e. The lowest BCUT2D eigenvalue weighted by Gasteiger charge is -2.20. The van der Waals surface area contributed by atoms with Gasteiger partial charge in [-0.15, -0.1) is 0 Å². The van der Waals surface area contributed by atoms with Crippen LogP contribution in [-0.4, -0.2) is 29.0 Å². The van der Waals surface area contributed by atoms with E-state index in [0.29, 0.717) is 18.7 Å². The Kier molecular flexibility index (Phi) is 3.84. The second-order valence-corrected chi connectivity index (χ2v) is 5.63. The molecule has 1 aliphatic rings. The zero-order chi connectivity index (χ0) is 14.8. The summed E-state index contributed by atoms with van der Waals surface area (Å²) in [5.74, 6) is -0.0406. The molecule has 21 heavy (non-hydrogen) atoms. The number of carbonyl (C=O) groups excluding carboxylic acids is 1. The standard InChI is InChI=1S/C17H16ClNO2/c18-15-11-14(5-6-16(15)20)17(21)19-9-7-12-3-1-2-4-13(12)8-10-19/h1-6,11,20H,7-10H2. The van der Waals surface area contributed by atoms with Crippen LogP contribution < -0.4 is 0 Å². The van der Waals surface area contributed by atoms with Crippen molar-refractivity contribution in [3.63, 3.8) is 0 Å². The van der Waals surface area contributed by atoms with Crippen LogP contribution in [-0.2, 0) is 12.8 Å². The minimum Gasteiger partial charge on any atom is -0.506 e. The molecule has 1 aliphatic heterocycles. The normalized spacial score (nSPS) is 14.4. The maximum atomic E-state index is 12.6. The molecule has 1 heterocycles. The zero-order valence-electron chi connectivity index (χ0n) is 11.6. The summed E-state index contributed by atoms with van der Waals surface area (Å²) >= 11 is 5.88. The molecule has 0 spiro atoms. The Morgan fingerprint density at radius 3 is 2.24 bits per heavy atom. The summed E-state index contributed by atoms with van der Waals surface area (Å²) in [6, 6.07) is 12.9. The van der Waals surface area contributed by atoms with Gasteiger partial charge in [-0.2, -0.15) is 0 Å². The average Bonchev–Trinajstić information content (AvgIpc) is 2.72. The van der Waals surface area contributed by atoms with Gasteiger partial charge in [0.25, 0.3) is 5.91 Å². The second-order valence-electron chi connectivity index (χ2n) is 5.23. The lowest BCUT2D eigenvalue weighted by Crippen LogP contribution is -2.33. The van der Waals surface area contributed by atoms with Crippen molar-refractivity contribution < 1.29 is 9.90 Å². The summed E-state index contributed by atoms with van der Waals surface area (Å²) in [5.41, 5.74) is 3.15. The molecule has 0 saturated carbocycles. The number of halogens is 1. The molecule has 3 nitrogen and oxygen atoms in total. The lowest BCUT2D eigenvalue weighted by molar-refractivity contribution is 0.0763. The average molecular weight is 302 g/mol. The third kappa shape index (κ3) is 2.88. The van der Waals surface area contributed by atoms with E-state index in [1.807, 2.05) is 17.0 Å². The molecule has 0 fully saturated rings. The van der Waals surface area contributed by atoms with Gasteiger partial charge in [0.1, 0.15) is 5.75 Å². The maximum Gasteiger partial charge on any atom is 0.253 e. The van der Waals surface area contributed by atoms with Gasteiger partial charge >= 0.3 is 0 Å². The fourth-order valence-corrected chi connectivity index (χ4v) is 2.87. The smallest absolute Gasteiger partial charge is 0.253 e. The number of amides is 1. The van der Waals surface area contributed by atoms with Crippen molar-refractivity contribution in [3.8, 4) is 5.75 Å². The van der Waals surface area contributed by atoms with Crippen molar-refractivity contribution in [1.29, 1.82) is 0 Å². The van der Waals surface area contributed by atoms with Crippen molar-refractivity contribution >= 4 is 17.5 Å². The van der Waals surface area contributed by atoms with Crippen LogP contribution in [0.1, 0.15) is 21.5 Å². The highest BCUT2D eigenvalue weighted by molar-refractivity contribution is 6.32. The molecule has 0 bridgehead atoms. The van der Waals surface area contributed by atoms with Gasteiger partial charge in [0.15, 0.2) is 0 Å². The third-order valence-corrected chi connectivity index (χ3v) is 4.21. The van der Waals surface area contributed by atoms with Gasteiger partial charge in [0, 0.05) is 18.7 Å². The number of fused-ring (bicyclic) bond motifs is 1. The molecule has 2 aromatic carbocycles. The predicted octanol–water partition coefficient (Wildman–Crippen LogP) is 3.29. The number of carbonyl (C=O) groups is 1. The molecule has 0 aromatic heterocycles. The molecule has 108 valence electrons. The van der Waals surface area contributed by atoms with Crippen LogP contribution in [0.4, 0.5) is 0 Å². The predicted molar refractivity (Wildman–Crippen MR) is 82.9 cm³/mol. The van der Waals surface area contributed by atoms with Gasteiger partial charge in [-0.3, -0.25) is 4.79 Å². The van der Waals surface area contributed by atoms with E-state index in [9.17, 15) is 9.90 Å². The first-order valence-electron chi connectivity index (χ1n) is 7.00. The highest BCUT2D eigenvalue weighted by Gasteiger charge is 2.20. The van der Waals surface area contributed by atoms with E-state index in [1.165, 1.54) is 23.3 Å². The molecule has 0 aliphatic carbocycles. The van der Waals surface area contributed by atoms with Crippen molar-refractivity contribution in [2.24, 2.45) is 0 Å². The van der Waals surface area contributed by atoms with Crippen LogP contribution in [0, 0.1) is 0 Å². The number of hydrogen-bond donors (Lipinski definition) is 1. The molecular formula is C17H16ClNO2. The maximum absolute atomic E-state index is 12.6. The van der Waals surface area contributed by atoms with Crippen molar-refractivity contribution in [2.75, 3.05) is 13.1 Å². The zero-order valence-corrected chi connectivity index (χ0v) is 12.3. The SMILES string of the molecule is O=C(c1ccc(O)c(Cl)c1)N1CCc2ccccc2CC1. The molecule has 0 unspecified atom stereocenters. The third-order valence-electron chi connectivity index (χ3n) is 3.90. The number of rotatable bonds is 1. The van der Waals surface area contributed by atoms with E-state index in [0.717, 1.165) is 12.8 Å². The molecule has 0 radical (unpaired) electrons. The summed E-state index contributed by atoms with van der Waals surface area (Å²) in [7, 11) is 0. The van der Waals surface area contributed by atoms with E-state index in [1.54, 1.807) is 6.07 Å². The second kappa shape index (κ2) is 5.78. The molecule has 1 amide bonds.